The molecule has 3 heterocycles. The molecule has 0 saturated heterocycles. The lowest BCUT2D eigenvalue weighted by molar-refractivity contribution is -0.385. The number of hydrogen-bond donors (Lipinski definition) is 0. The van der Waals surface area contributed by atoms with Crippen molar-refractivity contribution in [2.75, 3.05) is 6.61 Å². The van der Waals surface area contributed by atoms with Crippen molar-refractivity contribution >= 4 is 29.1 Å². The van der Waals surface area contributed by atoms with Crippen LogP contribution in [0.15, 0.2) is 86.1 Å². The summed E-state index contributed by atoms with van der Waals surface area (Å²) < 4.78 is 13.1. The van der Waals surface area contributed by atoms with E-state index in [4.69, 9.17) is 9.15 Å². The first kappa shape index (κ1) is 25.1. The summed E-state index contributed by atoms with van der Waals surface area (Å²) in [6, 6.07) is 16.9. The van der Waals surface area contributed by atoms with Crippen LogP contribution in [0.2, 0.25) is 0 Å². The normalized spacial score (nSPS) is 15.2. The third kappa shape index (κ3) is 4.50. The summed E-state index contributed by atoms with van der Waals surface area (Å²) in [7, 11) is 0. The van der Waals surface area contributed by atoms with E-state index in [1.54, 1.807) is 51.1 Å². The molecule has 38 heavy (non-hydrogen) atoms. The number of fused-ring (bicyclic) bond motifs is 1. The van der Waals surface area contributed by atoms with Gasteiger partial charge < -0.3 is 9.15 Å². The molecule has 9 nitrogen and oxygen atoms in total. The van der Waals surface area contributed by atoms with Crippen molar-refractivity contribution in [1.82, 2.24) is 4.57 Å². The minimum absolute atomic E-state index is 0.00226. The van der Waals surface area contributed by atoms with Gasteiger partial charge in [-0.3, -0.25) is 19.5 Å². The lowest BCUT2D eigenvalue weighted by Gasteiger charge is -2.24. The number of nitro benzene ring substituents is 1. The van der Waals surface area contributed by atoms with Crippen molar-refractivity contribution in [3.05, 3.63) is 119 Å². The van der Waals surface area contributed by atoms with Crippen molar-refractivity contribution in [3.63, 3.8) is 0 Å². The van der Waals surface area contributed by atoms with Gasteiger partial charge in [-0.2, -0.15) is 0 Å². The molecule has 4 aromatic rings. The highest BCUT2D eigenvalue weighted by atomic mass is 32.1. The van der Waals surface area contributed by atoms with E-state index in [2.05, 4.69) is 4.99 Å². The third-order valence-electron chi connectivity index (χ3n) is 6.22. The van der Waals surface area contributed by atoms with Crippen molar-refractivity contribution in [2.24, 2.45) is 4.99 Å². The summed E-state index contributed by atoms with van der Waals surface area (Å²) in [5, 5.41) is 11.3. The Balaban J connectivity index is 1.61. The Morgan fingerprint density at radius 1 is 1.18 bits per heavy atom. The fourth-order valence-corrected chi connectivity index (χ4v) is 5.44. The van der Waals surface area contributed by atoms with Crippen molar-refractivity contribution < 1.29 is 18.9 Å². The summed E-state index contributed by atoms with van der Waals surface area (Å²) in [5.41, 5.74) is 2.37. The number of thiazole rings is 1. The van der Waals surface area contributed by atoms with E-state index in [1.165, 1.54) is 22.0 Å². The molecule has 0 fully saturated rings. The van der Waals surface area contributed by atoms with Gasteiger partial charge in [0.2, 0.25) is 0 Å². The first-order valence-corrected chi connectivity index (χ1v) is 12.7. The summed E-state index contributed by atoms with van der Waals surface area (Å²) in [6.45, 7) is 5.34. The van der Waals surface area contributed by atoms with Crippen LogP contribution in [-0.2, 0) is 9.53 Å². The van der Waals surface area contributed by atoms with Gasteiger partial charge in [-0.25, -0.2) is 9.79 Å². The number of hydrogen-bond acceptors (Lipinski definition) is 8. The molecule has 0 radical (unpaired) electrons. The Labute approximate surface area is 220 Å². The second-order valence-corrected chi connectivity index (χ2v) is 9.68. The molecule has 1 atom stereocenters. The van der Waals surface area contributed by atoms with E-state index in [9.17, 15) is 19.7 Å². The number of esters is 1. The van der Waals surface area contributed by atoms with Gasteiger partial charge in [-0.1, -0.05) is 53.8 Å². The summed E-state index contributed by atoms with van der Waals surface area (Å²) in [5.74, 6) is 0.334. The number of furan rings is 1. The van der Waals surface area contributed by atoms with Crippen molar-refractivity contribution in [2.45, 2.75) is 26.8 Å². The van der Waals surface area contributed by atoms with E-state index in [-0.39, 0.29) is 17.9 Å². The fourth-order valence-electron chi connectivity index (χ4n) is 4.42. The van der Waals surface area contributed by atoms with Crippen LogP contribution in [0, 0.1) is 17.0 Å². The number of rotatable bonds is 6. The topological polar surface area (TPSA) is 117 Å². The number of carbonyl (C=O) groups excluding carboxylic acids is 1. The largest absolute Gasteiger partial charge is 0.463 e. The van der Waals surface area contributed by atoms with Gasteiger partial charge in [0, 0.05) is 23.3 Å². The highest BCUT2D eigenvalue weighted by Crippen LogP contribution is 2.31. The van der Waals surface area contributed by atoms with Gasteiger partial charge in [0.15, 0.2) is 4.80 Å². The van der Waals surface area contributed by atoms with Crippen LogP contribution in [0.1, 0.15) is 36.8 Å². The number of benzene rings is 2. The van der Waals surface area contributed by atoms with Crippen LogP contribution < -0.4 is 14.9 Å². The van der Waals surface area contributed by atoms with E-state index in [1.807, 2.05) is 30.3 Å². The van der Waals surface area contributed by atoms with E-state index in [0.29, 0.717) is 43.3 Å². The van der Waals surface area contributed by atoms with E-state index >= 15 is 0 Å². The average molecular weight is 530 g/mol. The predicted octanol–water partition coefficient (Wildman–Crippen LogP) is 4.27. The number of carbonyl (C=O) groups is 1. The molecule has 0 aliphatic carbocycles. The second-order valence-electron chi connectivity index (χ2n) is 8.67. The van der Waals surface area contributed by atoms with Crippen LogP contribution in [0.5, 0.6) is 0 Å². The average Bonchev–Trinajstić information content (AvgIpc) is 3.48. The predicted molar refractivity (Wildman–Crippen MR) is 142 cm³/mol. The Morgan fingerprint density at radius 2 is 1.95 bits per heavy atom. The number of nitrogens with zero attached hydrogens (tertiary/aromatic N) is 3. The molecule has 1 aliphatic heterocycles. The van der Waals surface area contributed by atoms with Gasteiger partial charge in [0.25, 0.3) is 11.2 Å². The first-order valence-electron chi connectivity index (χ1n) is 11.9. The van der Waals surface area contributed by atoms with Crippen LogP contribution in [0.3, 0.4) is 0 Å². The van der Waals surface area contributed by atoms with Crippen LogP contribution in [-0.4, -0.2) is 22.1 Å². The Morgan fingerprint density at radius 3 is 2.66 bits per heavy atom. The maximum atomic E-state index is 13.7. The van der Waals surface area contributed by atoms with Gasteiger partial charge in [0.1, 0.15) is 11.5 Å². The van der Waals surface area contributed by atoms with Gasteiger partial charge >= 0.3 is 5.97 Å². The number of nitro groups is 1. The summed E-state index contributed by atoms with van der Waals surface area (Å²) in [6.07, 6.45) is 1.61. The minimum atomic E-state index is -0.686. The van der Waals surface area contributed by atoms with E-state index in [0.717, 1.165) is 5.56 Å². The standard InChI is InChI=1S/C28H23N3O6S/c1-4-36-27(33)24-17(3)29-28-30(25(24)18-8-6-5-7-9-18)26(32)23(38-28)15-20-12-13-22(37-20)19-11-10-16(2)21(14-19)31(34)35/h5-15,25H,4H2,1-3H3/b23-15+/t25-/m0/s1. The monoisotopic (exact) mass is 529 g/mol. The zero-order valence-corrected chi connectivity index (χ0v) is 21.7. The minimum Gasteiger partial charge on any atom is -0.463 e. The number of ether oxygens (including phenoxy) is 1. The van der Waals surface area contributed by atoms with E-state index < -0.39 is 16.9 Å². The maximum absolute atomic E-state index is 13.7. The zero-order chi connectivity index (χ0) is 27.0. The molecule has 0 amide bonds. The Kier molecular flexibility index (Phi) is 6.64. The molecule has 192 valence electrons. The molecule has 1 aliphatic rings. The molecule has 0 N–H and O–H groups in total. The number of allylic oxidation sites excluding steroid dienone is 1. The smallest absolute Gasteiger partial charge is 0.338 e. The van der Waals surface area contributed by atoms with Gasteiger partial charge in [0.05, 0.1) is 33.4 Å². The molecule has 10 heteroatoms. The molecule has 0 saturated carbocycles. The second kappa shape index (κ2) is 10.1. The number of aromatic nitrogens is 1. The van der Waals surface area contributed by atoms with Crippen molar-refractivity contribution in [3.8, 4) is 11.3 Å². The van der Waals surface area contributed by atoms with Gasteiger partial charge in [-0.15, -0.1) is 0 Å². The maximum Gasteiger partial charge on any atom is 0.338 e. The fraction of sp³-hybridized carbons (Fsp3) is 0.179. The molecular weight excluding hydrogens is 506 g/mol. The highest BCUT2D eigenvalue weighted by molar-refractivity contribution is 7.07. The van der Waals surface area contributed by atoms with Crippen LogP contribution >= 0.6 is 11.3 Å². The van der Waals surface area contributed by atoms with Crippen LogP contribution in [0.25, 0.3) is 17.4 Å². The van der Waals surface area contributed by atoms with Crippen molar-refractivity contribution in [1.29, 1.82) is 0 Å². The zero-order valence-electron chi connectivity index (χ0n) is 20.8. The highest BCUT2D eigenvalue weighted by Gasteiger charge is 2.33. The molecule has 5 rings (SSSR count). The number of aryl methyl sites for hydroxylation is 1. The molecular formula is C28H23N3O6S. The third-order valence-corrected chi connectivity index (χ3v) is 7.21. The molecule has 0 spiro atoms. The van der Waals surface area contributed by atoms with Crippen LogP contribution in [0.4, 0.5) is 5.69 Å². The Hall–Kier alpha value is -4.57. The quantitative estimate of drug-likeness (QED) is 0.209. The molecule has 2 aromatic heterocycles. The SMILES string of the molecule is CCOC(=O)C1=C(C)N=c2s/c(=C/c3ccc(-c4ccc(C)c([N+](=O)[O-])c4)o3)c(=O)n2[C@H]1c1ccccc1. The first-order chi connectivity index (χ1) is 18.3. The molecule has 2 aromatic carbocycles. The molecule has 0 unspecified atom stereocenters. The lowest BCUT2D eigenvalue weighted by atomic mass is 9.96. The van der Waals surface area contributed by atoms with Gasteiger partial charge in [-0.05, 0) is 38.5 Å². The summed E-state index contributed by atoms with van der Waals surface area (Å²) >= 11 is 1.19. The molecule has 0 bridgehead atoms. The summed E-state index contributed by atoms with van der Waals surface area (Å²) in [4.78, 5) is 42.5. The lowest BCUT2D eigenvalue weighted by Crippen LogP contribution is -2.39. The Bertz CT molecular complexity index is 1780.